The zero-order valence-electron chi connectivity index (χ0n) is 29.6. The highest BCUT2D eigenvalue weighted by atomic mass is 16.5. The fraction of sp³-hybridized carbons (Fsp3) is 0.524. The number of hydrogen-bond donors (Lipinski definition) is 9. The molecule has 52 heavy (non-hydrogen) atoms. The molecular formula is C42H53N3O7. The average molecular weight is 712 g/mol. The van der Waals surface area contributed by atoms with E-state index in [0.717, 1.165) is 53.7 Å². The summed E-state index contributed by atoms with van der Waals surface area (Å²) in [6.45, 7) is 0.645. The molecule has 7 rings (SSSR count). The van der Waals surface area contributed by atoms with Crippen LogP contribution in [0.25, 0.3) is 0 Å². The van der Waals surface area contributed by atoms with Gasteiger partial charge in [-0.3, -0.25) is 0 Å². The van der Waals surface area contributed by atoms with Crippen molar-refractivity contribution in [2.24, 2.45) is 35.3 Å². The Balaban J connectivity index is 1.22. The van der Waals surface area contributed by atoms with Gasteiger partial charge in [0.15, 0.2) is 11.5 Å². The second kappa shape index (κ2) is 15.9. The third-order valence-electron chi connectivity index (χ3n) is 12.0. The molecule has 10 heteroatoms. The molecule has 0 radical (unpaired) electrons. The highest BCUT2D eigenvalue weighted by molar-refractivity contribution is 5.52. The van der Waals surface area contributed by atoms with Crippen molar-refractivity contribution < 1.29 is 35.4 Å². The number of fused-ring (bicyclic) bond motifs is 4. The maximum atomic E-state index is 11.8. The van der Waals surface area contributed by atoms with Gasteiger partial charge in [0.25, 0.3) is 0 Å². The molecule has 0 bridgehead atoms. The molecule has 278 valence electrons. The normalized spacial score (nSPS) is 33.6. The quantitative estimate of drug-likeness (QED) is 0.146. The first kappa shape index (κ1) is 36.4. The van der Waals surface area contributed by atoms with Crippen molar-refractivity contribution in [3.8, 4) is 23.3 Å². The number of aliphatic hydroxyl groups is 5. The van der Waals surface area contributed by atoms with E-state index in [1.54, 1.807) is 12.1 Å². The van der Waals surface area contributed by atoms with Crippen LogP contribution >= 0.6 is 0 Å². The molecule has 2 aromatic rings. The van der Waals surface area contributed by atoms with E-state index < -0.39 is 36.4 Å². The number of ether oxygens (including phenoxy) is 1. The van der Waals surface area contributed by atoms with Crippen molar-refractivity contribution >= 4 is 0 Å². The van der Waals surface area contributed by atoms with Crippen LogP contribution in [0.2, 0.25) is 0 Å². The summed E-state index contributed by atoms with van der Waals surface area (Å²) in [5.74, 6) is 6.10. The molecule has 4 aliphatic carbocycles. The fourth-order valence-electron chi connectivity index (χ4n) is 9.19. The molecule has 0 fully saturated rings. The van der Waals surface area contributed by atoms with Crippen LogP contribution in [0.3, 0.4) is 0 Å². The number of aromatic nitrogens is 1. The first-order valence-electron chi connectivity index (χ1n) is 19.0. The molecule has 11 atom stereocenters. The predicted molar refractivity (Wildman–Crippen MR) is 198 cm³/mol. The molecule has 5 aliphatic rings. The smallest absolute Gasteiger partial charge is 0.161 e. The number of hydrogen-bond acceptors (Lipinski definition) is 9. The third kappa shape index (κ3) is 7.71. The number of H-pyrrole nitrogens is 1. The summed E-state index contributed by atoms with van der Waals surface area (Å²) in [5, 5.41) is 69.6. The molecule has 1 aliphatic heterocycles. The number of nitrogens with one attached hydrogen (secondary N) is 2. The second-order valence-electron chi connectivity index (χ2n) is 15.3. The Kier molecular flexibility index (Phi) is 11.2. The summed E-state index contributed by atoms with van der Waals surface area (Å²) >= 11 is 0. The molecule has 0 spiro atoms. The van der Waals surface area contributed by atoms with Gasteiger partial charge in [-0.25, -0.2) is 0 Å². The summed E-state index contributed by atoms with van der Waals surface area (Å²) in [7, 11) is 0. The lowest BCUT2D eigenvalue weighted by molar-refractivity contribution is -0.0608. The summed E-state index contributed by atoms with van der Waals surface area (Å²) in [6, 6.07) is 7.53. The van der Waals surface area contributed by atoms with Gasteiger partial charge in [0.1, 0.15) is 18.3 Å². The monoisotopic (exact) mass is 711 g/mol. The molecule has 2 heterocycles. The van der Waals surface area contributed by atoms with Crippen LogP contribution in [0.4, 0.5) is 0 Å². The minimum atomic E-state index is -1.27. The van der Waals surface area contributed by atoms with Gasteiger partial charge < -0.3 is 51.4 Å². The number of aliphatic hydroxyl groups excluding tert-OH is 5. The lowest BCUT2D eigenvalue weighted by Crippen LogP contribution is -2.50. The van der Waals surface area contributed by atoms with Gasteiger partial charge in [-0.1, -0.05) is 54.6 Å². The third-order valence-corrected chi connectivity index (χ3v) is 12.0. The molecule has 0 saturated heterocycles. The zero-order valence-corrected chi connectivity index (χ0v) is 29.6. The van der Waals surface area contributed by atoms with E-state index in [4.69, 9.17) is 10.5 Å². The zero-order chi connectivity index (χ0) is 36.4. The molecule has 10 N–H and O–H groups in total. The van der Waals surface area contributed by atoms with Gasteiger partial charge in [-0.15, -0.1) is 0 Å². The Morgan fingerprint density at radius 2 is 1.87 bits per heavy atom. The molecule has 0 saturated carbocycles. The van der Waals surface area contributed by atoms with Crippen molar-refractivity contribution in [2.45, 2.75) is 94.2 Å². The summed E-state index contributed by atoms with van der Waals surface area (Å²) in [5.41, 5.74) is 11.2. The van der Waals surface area contributed by atoms with E-state index in [0.29, 0.717) is 44.5 Å². The van der Waals surface area contributed by atoms with Gasteiger partial charge in [-0.05, 0) is 97.9 Å². The number of aromatic amines is 1. The van der Waals surface area contributed by atoms with Crippen LogP contribution in [-0.2, 0) is 12.8 Å². The number of dihydropyridines is 1. The SMILES string of the molecule is NC1=CC(C(Cc2ccc[nH]2)C2C=CC(O)C(O)C2Oc2cc3c(cc2O)CCC2=CC4C#CC(CCO)CCCCC(O)C4C(O)CC23)=CCN1. The predicted octanol–water partition coefficient (Wildman–Crippen LogP) is 3.45. The standard InChI is InChI=1S/C42H53N3O7/c43-39-20-27(13-16-45-39)31(21-29-5-3-15-44-29)30-11-12-35(48)41(51)42(30)52-38-23-33-26(19-36(38)49)10-9-25-18-28-8-7-24(14-17-46)4-1-2-6-34(47)40(28)37(50)22-32(25)33/h3,5,11-13,15,18-20,23-24,28,30-32,34-35,37,40-42,44-51H,1-2,4,6,9-10,14,16-17,21-22,43H2. The summed E-state index contributed by atoms with van der Waals surface area (Å²) < 4.78 is 6.63. The van der Waals surface area contributed by atoms with Gasteiger partial charge in [0.2, 0.25) is 0 Å². The maximum Gasteiger partial charge on any atom is 0.161 e. The van der Waals surface area contributed by atoms with Crippen molar-refractivity contribution in [1.29, 1.82) is 0 Å². The van der Waals surface area contributed by atoms with E-state index >= 15 is 0 Å². The van der Waals surface area contributed by atoms with Crippen LogP contribution in [0.1, 0.15) is 67.7 Å². The van der Waals surface area contributed by atoms with E-state index in [1.165, 1.54) is 0 Å². The van der Waals surface area contributed by atoms with Crippen LogP contribution in [0, 0.1) is 41.4 Å². The number of aryl methyl sites for hydroxylation is 1. The van der Waals surface area contributed by atoms with Crippen molar-refractivity contribution in [1.82, 2.24) is 10.3 Å². The average Bonchev–Trinajstić information content (AvgIpc) is 3.59. The topological polar surface area (TPSA) is 184 Å². The number of phenolic OH excluding ortho intramolecular Hbond substituents is 1. The highest BCUT2D eigenvalue weighted by Crippen LogP contribution is 2.48. The van der Waals surface area contributed by atoms with E-state index in [1.807, 2.05) is 36.5 Å². The lowest BCUT2D eigenvalue weighted by Gasteiger charge is -2.40. The van der Waals surface area contributed by atoms with Crippen LogP contribution in [0.15, 0.2) is 77.8 Å². The van der Waals surface area contributed by atoms with E-state index in [-0.39, 0.29) is 47.7 Å². The minimum Gasteiger partial charge on any atom is -0.504 e. The first-order valence-corrected chi connectivity index (χ1v) is 19.0. The van der Waals surface area contributed by atoms with Crippen LogP contribution < -0.4 is 15.8 Å². The van der Waals surface area contributed by atoms with Crippen molar-refractivity contribution in [3.63, 3.8) is 0 Å². The number of allylic oxidation sites excluding steroid dienone is 4. The molecule has 0 amide bonds. The van der Waals surface area contributed by atoms with Gasteiger partial charge >= 0.3 is 0 Å². The Morgan fingerprint density at radius 1 is 1.02 bits per heavy atom. The molecule has 1 aromatic heterocycles. The Labute approximate surface area is 305 Å². The number of benzene rings is 1. The molecule has 11 unspecified atom stereocenters. The molecular weight excluding hydrogens is 658 g/mol. The van der Waals surface area contributed by atoms with Crippen molar-refractivity contribution in [2.75, 3.05) is 13.2 Å². The largest absolute Gasteiger partial charge is 0.504 e. The summed E-state index contributed by atoms with van der Waals surface area (Å²) in [4.78, 5) is 3.29. The second-order valence-corrected chi connectivity index (χ2v) is 15.3. The Morgan fingerprint density at radius 3 is 2.65 bits per heavy atom. The highest BCUT2D eigenvalue weighted by Gasteiger charge is 2.43. The fourth-order valence-corrected chi connectivity index (χ4v) is 9.19. The lowest BCUT2D eigenvalue weighted by atomic mass is 9.73. The Bertz CT molecular complexity index is 1750. The summed E-state index contributed by atoms with van der Waals surface area (Å²) in [6.07, 6.45) is 13.0. The number of rotatable bonds is 8. The van der Waals surface area contributed by atoms with Crippen molar-refractivity contribution in [3.05, 3.63) is 94.6 Å². The van der Waals surface area contributed by atoms with Gasteiger partial charge in [0.05, 0.1) is 18.0 Å². The molecule has 1 aromatic carbocycles. The Hall–Kier alpha value is -3.98. The maximum absolute atomic E-state index is 11.8. The number of nitrogens with two attached hydrogens (primary N) is 1. The first-order chi connectivity index (χ1) is 25.2. The van der Waals surface area contributed by atoms with E-state index in [2.05, 4.69) is 34.3 Å². The minimum absolute atomic E-state index is 0.0492. The number of phenols is 1. The van der Waals surface area contributed by atoms with Gasteiger partial charge in [0, 0.05) is 54.6 Å². The van der Waals surface area contributed by atoms with Crippen LogP contribution in [0.5, 0.6) is 11.5 Å². The van der Waals surface area contributed by atoms with Crippen LogP contribution in [-0.4, -0.2) is 79.3 Å². The number of aromatic hydroxyl groups is 1. The van der Waals surface area contributed by atoms with E-state index in [9.17, 15) is 30.6 Å². The molecule has 10 nitrogen and oxygen atoms in total. The van der Waals surface area contributed by atoms with Gasteiger partial charge in [-0.2, -0.15) is 0 Å².